The molecule has 0 bridgehead atoms. The van der Waals surface area contributed by atoms with E-state index in [-0.39, 0.29) is 43.3 Å². The maximum absolute atomic E-state index is 11.8. The van der Waals surface area contributed by atoms with Crippen molar-refractivity contribution in [3.05, 3.63) is 0 Å². The zero-order valence-electron chi connectivity index (χ0n) is 19.4. The average molecular weight is 394 g/mol. The summed E-state index contributed by atoms with van der Waals surface area (Å²) in [6.45, 7) is 2.58. The largest absolute Gasteiger partial charge is 1.00 e. The number of carboxylic acid groups (broad SMARTS) is 1. The number of carboxylic acids is 1. The van der Waals surface area contributed by atoms with Crippen LogP contribution < -0.4 is 29.6 Å². The summed E-state index contributed by atoms with van der Waals surface area (Å²) in [5.74, 6) is -0.780. The number of hydrogen-bond donors (Lipinski definition) is 1. The second-order valence-corrected chi connectivity index (χ2v) is 7.66. The van der Waals surface area contributed by atoms with Crippen molar-refractivity contribution < 1.29 is 45.7 Å². The third-order valence-corrected chi connectivity index (χ3v) is 5.08. The van der Waals surface area contributed by atoms with Crippen LogP contribution in [0.25, 0.3) is 0 Å². The van der Waals surface area contributed by atoms with Gasteiger partial charge in [0.15, 0.2) is 0 Å². The van der Waals surface area contributed by atoms with E-state index in [1.807, 2.05) is 0 Å². The van der Waals surface area contributed by atoms with Gasteiger partial charge in [0.2, 0.25) is 5.91 Å². The Morgan fingerprint density at radius 1 is 0.704 bits per heavy atom. The minimum absolute atomic E-state index is 0. The Balaban J connectivity index is -0.00000312. The van der Waals surface area contributed by atoms with Crippen LogP contribution in [-0.4, -0.2) is 35.5 Å². The van der Waals surface area contributed by atoms with Crippen molar-refractivity contribution in [1.29, 1.82) is 0 Å². The normalized spacial score (nSPS) is 10.4. The van der Waals surface area contributed by atoms with Gasteiger partial charge in [0.25, 0.3) is 0 Å². The molecule has 4 nitrogen and oxygen atoms in total. The number of aliphatic carboxylic acids is 1. The van der Waals surface area contributed by atoms with Crippen molar-refractivity contribution in [3.63, 3.8) is 0 Å². The van der Waals surface area contributed by atoms with E-state index in [1.54, 1.807) is 7.05 Å². The molecule has 0 aromatic carbocycles. The Labute approximate surface area is 191 Å². The topological polar surface area (TPSA) is 57.6 Å². The second-order valence-electron chi connectivity index (χ2n) is 7.66. The molecule has 0 heterocycles. The molecule has 0 aliphatic carbocycles. The first kappa shape index (κ1) is 29.1. The molecule has 0 fully saturated rings. The zero-order chi connectivity index (χ0) is 19.5. The molecule has 0 aliphatic heterocycles. The summed E-state index contributed by atoms with van der Waals surface area (Å²) in [5, 5.41) is 8.62. The second kappa shape index (κ2) is 22.2. The Morgan fingerprint density at radius 2 is 1.07 bits per heavy atom. The van der Waals surface area contributed by atoms with Crippen molar-refractivity contribution in [1.82, 2.24) is 4.90 Å². The van der Waals surface area contributed by atoms with Crippen LogP contribution in [0.4, 0.5) is 0 Å². The molecule has 0 unspecified atom stereocenters. The molecular formula is C22H44NNaO3. The van der Waals surface area contributed by atoms with E-state index in [1.165, 1.54) is 88.4 Å². The third-order valence-electron chi connectivity index (χ3n) is 5.08. The molecule has 5 heteroatoms. The minimum atomic E-state index is -0.850. The molecule has 1 amide bonds. The molecule has 0 spiro atoms. The number of nitrogens with zero attached hydrogens (tertiary/aromatic N) is 1. The number of hydrogen-bond acceptors (Lipinski definition) is 2. The van der Waals surface area contributed by atoms with E-state index in [0.717, 1.165) is 12.8 Å². The third kappa shape index (κ3) is 22.1. The summed E-state index contributed by atoms with van der Waals surface area (Å²) in [4.78, 5) is 23.9. The van der Waals surface area contributed by atoms with Crippen LogP contribution in [-0.2, 0) is 9.59 Å². The molecule has 0 atom stereocenters. The maximum Gasteiger partial charge on any atom is 1.00 e. The van der Waals surface area contributed by atoms with E-state index in [9.17, 15) is 9.59 Å². The Kier molecular flexibility index (Phi) is 24.0. The van der Waals surface area contributed by atoms with Crippen LogP contribution in [0.2, 0.25) is 0 Å². The van der Waals surface area contributed by atoms with Gasteiger partial charge in [0.1, 0.15) is 0 Å². The van der Waals surface area contributed by atoms with Crippen molar-refractivity contribution >= 4 is 11.9 Å². The van der Waals surface area contributed by atoms with Gasteiger partial charge in [-0.1, -0.05) is 96.8 Å². The van der Waals surface area contributed by atoms with Gasteiger partial charge in [-0.3, -0.25) is 9.59 Å². The molecule has 0 radical (unpaired) electrons. The van der Waals surface area contributed by atoms with Gasteiger partial charge < -0.3 is 11.4 Å². The summed E-state index contributed by atoms with van der Waals surface area (Å²) < 4.78 is 0. The quantitative estimate of drug-likeness (QED) is 0.271. The Bertz CT molecular complexity index is 357. The molecular weight excluding hydrogens is 349 g/mol. The molecule has 0 saturated heterocycles. The molecule has 27 heavy (non-hydrogen) atoms. The summed E-state index contributed by atoms with van der Waals surface area (Å²) in [5.41, 5.74) is 0. The number of rotatable bonds is 19. The van der Waals surface area contributed by atoms with Crippen molar-refractivity contribution in [2.45, 2.75) is 116 Å². The first-order valence-corrected chi connectivity index (χ1v) is 11.0. The van der Waals surface area contributed by atoms with Gasteiger partial charge in [0.05, 0.1) is 6.42 Å². The first-order valence-electron chi connectivity index (χ1n) is 11.0. The van der Waals surface area contributed by atoms with Gasteiger partial charge in [-0.25, -0.2) is 0 Å². The van der Waals surface area contributed by atoms with E-state index in [4.69, 9.17) is 5.11 Å². The summed E-state index contributed by atoms with van der Waals surface area (Å²) >= 11 is 0. The van der Waals surface area contributed by atoms with E-state index < -0.39 is 5.97 Å². The van der Waals surface area contributed by atoms with Crippen LogP contribution in [0.1, 0.15) is 118 Å². The molecule has 156 valence electrons. The summed E-state index contributed by atoms with van der Waals surface area (Å²) in [6.07, 6.45) is 20.4. The predicted octanol–water partition coefficient (Wildman–Crippen LogP) is 3.30. The van der Waals surface area contributed by atoms with Gasteiger partial charge in [0, 0.05) is 20.0 Å². The van der Waals surface area contributed by atoms with Gasteiger partial charge >= 0.3 is 35.5 Å². The summed E-state index contributed by atoms with van der Waals surface area (Å²) in [6, 6.07) is 0. The molecule has 0 aromatic heterocycles. The molecule has 0 aromatic rings. The molecule has 0 saturated carbocycles. The van der Waals surface area contributed by atoms with Gasteiger partial charge in [-0.05, 0) is 6.42 Å². The van der Waals surface area contributed by atoms with Crippen LogP contribution >= 0.6 is 0 Å². The fourth-order valence-corrected chi connectivity index (χ4v) is 3.23. The Hall–Kier alpha value is -0.0600. The van der Waals surface area contributed by atoms with Crippen LogP contribution in [0.3, 0.4) is 0 Å². The van der Waals surface area contributed by atoms with E-state index in [2.05, 4.69) is 6.92 Å². The number of unbranched alkanes of at least 4 members (excludes halogenated alkanes) is 14. The number of amides is 1. The number of carbonyl (C=O) groups is 2. The van der Waals surface area contributed by atoms with Crippen LogP contribution in [0, 0.1) is 0 Å². The van der Waals surface area contributed by atoms with Crippen molar-refractivity contribution in [3.8, 4) is 0 Å². The molecule has 1 N–H and O–H groups in total. The fraction of sp³-hybridized carbons (Fsp3) is 0.909. The van der Waals surface area contributed by atoms with Crippen LogP contribution in [0.15, 0.2) is 0 Å². The smallest absolute Gasteiger partial charge is 1.00 e. The van der Waals surface area contributed by atoms with Crippen LogP contribution in [0.5, 0.6) is 0 Å². The van der Waals surface area contributed by atoms with Crippen molar-refractivity contribution in [2.75, 3.05) is 13.6 Å². The molecule has 0 rings (SSSR count). The minimum Gasteiger partial charge on any atom is -1.00 e. The first-order chi connectivity index (χ1) is 12.6. The fourth-order valence-electron chi connectivity index (χ4n) is 3.23. The summed E-state index contributed by atoms with van der Waals surface area (Å²) in [7, 11) is 1.69. The van der Waals surface area contributed by atoms with E-state index in [0.29, 0.717) is 13.0 Å². The van der Waals surface area contributed by atoms with Gasteiger partial charge in [-0.2, -0.15) is 0 Å². The monoisotopic (exact) mass is 393 g/mol. The Morgan fingerprint density at radius 3 is 1.44 bits per heavy atom. The van der Waals surface area contributed by atoms with Gasteiger partial charge in [-0.15, -0.1) is 0 Å². The predicted molar refractivity (Wildman–Crippen MR) is 111 cm³/mol. The SMILES string of the molecule is CCCCCCCCCCCCCCCCCC(=O)N(C)CCC(=O)O.[H-].[Na+]. The molecule has 0 aliphatic rings. The number of carbonyl (C=O) groups excluding carboxylic acids is 1. The zero-order valence-corrected chi connectivity index (χ0v) is 20.4. The standard InChI is InChI=1S/C22H43NO3.Na.H/c1-3-4-5-6-7-8-9-10-11-12-13-14-15-16-17-18-21(24)23(2)20-19-22(25)26;;/h3-20H2,1-2H3,(H,25,26);;/q;+1;-1. The van der Waals surface area contributed by atoms with E-state index >= 15 is 0 Å². The average Bonchev–Trinajstić information content (AvgIpc) is 2.62. The maximum atomic E-state index is 11.8. The van der Waals surface area contributed by atoms with Crippen molar-refractivity contribution in [2.24, 2.45) is 0 Å².